The maximum absolute atomic E-state index is 12.6. The van der Waals surface area contributed by atoms with Gasteiger partial charge in [0.1, 0.15) is 6.10 Å². The van der Waals surface area contributed by atoms with Gasteiger partial charge in [0.25, 0.3) is 0 Å². The molecule has 12 nitrogen and oxygen atoms in total. The molecule has 0 radical (unpaired) electrons. The first-order valence-corrected chi connectivity index (χ1v) is 12.7. The normalized spacial score (nSPS) is 22.2. The van der Waals surface area contributed by atoms with Crippen LogP contribution < -0.4 is 20.7 Å². The second-order valence-corrected chi connectivity index (χ2v) is 9.58. The number of aromatic nitrogens is 4. The third-order valence-corrected chi connectivity index (χ3v) is 7.08. The number of morpholine rings is 1. The van der Waals surface area contributed by atoms with Gasteiger partial charge in [0.05, 0.1) is 18.9 Å². The van der Waals surface area contributed by atoms with Gasteiger partial charge in [0, 0.05) is 76.1 Å². The number of anilines is 2. The van der Waals surface area contributed by atoms with E-state index in [1.165, 1.54) is 12.8 Å². The summed E-state index contributed by atoms with van der Waals surface area (Å²) in [5.41, 5.74) is 7.06. The molecular weight excluding hydrogens is 462 g/mol. The third-order valence-electron chi connectivity index (χ3n) is 7.08. The number of carbonyl (C=O) groups is 1. The lowest BCUT2D eigenvalue weighted by atomic mass is 9.88. The number of hydrogen-bond acceptors (Lipinski definition) is 10. The Balaban J connectivity index is 1.18. The molecule has 3 N–H and O–H groups in total. The van der Waals surface area contributed by atoms with Crippen LogP contribution in [0, 0.1) is 0 Å². The second-order valence-electron chi connectivity index (χ2n) is 9.58. The van der Waals surface area contributed by atoms with Gasteiger partial charge in [-0.3, -0.25) is 0 Å². The molecular formula is C24H35N9O3. The van der Waals surface area contributed by atoms with E-state index in [2.05, 4.69) is 30.1 Å². The fourth-order valence-corrected chi connectivity index (χ4v) is 4.73. The lowest BCUT2D eigenvalue weighted by Crippen LogP contribution is -2.53. The van der Waals surface area contributed by atoms with Gasteiger partial charge in [0.15, 0.2) is 0 Å². The van der Waals surface area contributed by atoms with E-state index in [0.717, 1.165) is 38.0 Å². The standard InChI is InChI=1S/C24H35N9O3/c1-31(24(34)26-4-7-32-5-2-3-6-32)18-12-19(13-18)36-21-14-20(17-15-27-22(25)28-16-17)29-23(30-21)33-8-10-35-11-9-33/h14-16,18-19H,2-13H2,1H3,(H,26,34)(H2,25,27,28)/t18-,19-. The Labute approximate surface area is 211 Å². The van der Waals surface area contributed by atoms with E-state index in [0.29, 0.717) is 50.4 Å². The quantitative estimate of drug-likeness (QED) is 0.544. The number of hydrogen-bond donors (Lipinski definition) is 2. The second kappa shape index (κ2) is 11.2. The number of likely N-dealkylation sites (tertiary alicyclic amines) is 1. The van der Waals surface area contributed by atoms with Crippen LogP contribution in [0.2, 0.25) is 0 Å². The van der Waals surface area contributed by atoms with Crippen LogP contribution >= 0.6 is 0 Å². The van der Waals surface area contributed by atoms with Crippen LogP contribution in [0.3, 0.4) is 0 Å². The summed E-state index contributed by atoms with van der Waals surface area (Å²) in [5, 5.41) is 3.04. The molecule has 4 heterocycles. The van der Waals surface area contributed by atoms with Crippen molar-refractivity contribution in [2.75, 3.05) is 70.2 Å². The minimum absolute atomic E-state index is 0.0159. The molecule has 0 bridgehead atoms. The number of carbonyl (C=O) groups excluding carboxylic acids is 1. The Hall–Kier alpha value is -3.25. The molecule has 194 valence electrons. The van der Waals surface area contributed by atoms with Crippen LogP contribution in [0.25, 0.3) is 11.3 Å². The first kappa shape index (κ1) is 24.4. The van der Waals surface area contributed by atoms with Gasteiger partial charge < -0.3 is 35.2 Å². The van der Waals surface area contributed by atoms with Gasteiger partial charge >= 0.3 is 6.03 Å². The molecule has 1 saturated carbocycles. The summed E-state index contributed by atoms with van der Waals surface area (Å²) in [4.78, 5) is 36.4. The largest absolute Gasteiger partial charge is 0.474 e. The fraction of sp³-hybridized carbons (Fsp3) is 0.625. The highest BCUT2D eigenvalue weighted by molar-refractivity contribution is 5.74. The average Bonchev–Trinajstić information content (AvgIpc) is 3.40. The van der Waals surface area contributed by atoms with Crippen LogP contribution in [0.1, 0.15) is 25.7 Å². The number of nitrogen functional groups attached to an aromatic ring is 1. The van der Waals surface area contributed by atoms with Gasteiger partial charge in [-0.15, -0.1) is 0 Å². The van der Waals surface area contributed by atoms with Gasteiger partial charge in [-0.1, -0.05) is 0 Å². The van der Waals surface area contributed by atoms with Crippen LogP contribution in [0.5, 0.6) is 5.88 Å². The number of urea groups is 1. The molecule has 5 rings (SSSR count). The molecule has 2 aromatic heterocycles. The van der Waals surface area contributed by atoms with E-state index < -0.39 is 0 Å². The summed E-state index contributed by atoms with van der Waals surface area (Å²) in [6, 6.07) is 1.92. The van der Waals surface area contributed by atoms with E-state index in [-0.39, 0.29) is 24.1 Å². The number of nitrogens with zero attached hydrogens (tertiary/aromatic N) is 7. The minimum Gasteiger partial charge on any atom is -0.474 e. The molecule has 2 aromatic rings. The maximum atomic E-state index is 12.6. The van der Waals surface area contributed by atoms with Crippen LogP contribution in [0.15, 0.2) is 18.5 Å². The minimum atomic E-state index is -0.0278. The molecule has 2 aliphatic heterocycles. The summed E-state index contributed by atoms with van der Waals surface area (Å²) in [6.07, 6.45) is 7.31. The van der Waals surface area contributed by atoms with Crippen molar-refractivity contribution in [2.45, 2.75) is 37.8 Å². The monoisotopic (exact) mass is 497 g/mol. The lowest BCUT2D eigenvalue weighted by molar-refractivity contribution is 0.0405. The van der Waals surface area contributed by atoms with Gasteiger partial charge in [-0.2, -0.15) is 4.98 Å². The Bertz CT molecular complexity index is 1020. The Morgan fingerprint density at radius 2 is 1.89 bits per heavy atom. The molecule has 2 amide bonds. The van der Waals surface area contributed by atoms with Crippen molar-refractivity contribution < 1.29 is 14.3 Å². The molecule has 3 fully saturated rings. The summed E-state index contributed by atoms with van der Waals surface area (Å²) < 4.78 is 11.7. The smallest absolute Gasteiger partial charge is 0.317 e. The van der Waals surface area contributed by atoms with E-state index in [1.807, 2.05) is 7.05 Å². The van der Waals surface area contributed by atoms with E-state index in [9.17, 15) is 4.79 Å². The molecule has 0 unspecified atom stereocenters. The Morgan fingerprint density at radius 1 is 1.17 bits per heavy atom. The van der Waals surface area contributed by atoms with Crippen molar-refractivity contribution in [3.05, 3.63) is 18.5 Å². The SMILES string of the molecule is CN(C(=O)NCCN1CCCC1)[C@H]1C[C@H](Oc2cc(-c3cnc(N)nc3)nc(N3CCOCC3)n2)C1. The summed E-state index contributed by atoms with van der Waals surface area (Å²) in [7, 11) is 1.85. The number of ether oxygens (including phenoxy) is 2. The van der Waals surface area contributed by atoms with Crippen LogP contribution in [0.4, 0.5) is 16.7 Å². The van der Waals surface area contributed by atoms with Crippen molar-refractivity contribution in [3.8, 4) is 17.1 Å². The number of nitrogens with one attached hydrogen (secondary N) is 1. The predicted molar refractivity (Wildman–Crippen MR) is 135 cm³/mol. The molecule has 0 spiro atoms. The molecule has 12 heteroatoms. The highest BCUT2D eigenvalue weighted by Crippen LogP contribution is 2.31. The zero-order valence-corrected chi connectivity index (χ0v) is 20.8. The fourth-order valence-electron chi connectivity index (χ4n) is 4.73. The van der Waals surface area contributed by atoms with Crippen molar-refractivity contribution >= 4 is 17.9 Å². The zero-order valence-electron chi connectivity index (χ0n) is 20.8. The van der Waals surface area contributed by atoms with Gasteiger partial charge in [-0.05, 0) is 25.9 Å². The van der Waals surface area contributed by atoms with Crippen LogP contribution in [-0.4, -0.2) is 107 Å². The highest BCUT2D eigenvalue weighted by atomic mass is 16.5. The Morgan fingerprint density at radius 3 is 2.61 bits per heavy atom. The number of rotatable bonds is 8. The molecule has 0 aromatic carbocycles. The molecule has 1 aliphatic carbocycles. The van der Waals surface area contributed by atoms with Crippen LogP contribution in [-0.2, 0) is 4.74 Å². The van der Waals surface area contributed by atoms with Crippen molar-refractivity contribution in [1.29, 1.82) is 0 Å². The predicted octanol–water partition coefficient (Wildman–Crippen LogP) is 0.999. The van der Waals surface area contributed by atoms with Crippen molar-refractivity contribution in [2.24, 2.45) is 0 Å². The summed E-state index contributed by atoms with van der Waals surface area (Å²) >= 11 is 0. The lowest BCUT2D eigenvalue weighted by Gasteiger charge is -2.40. The van der Waals surface area contributed by atoms with E-state index in [1.54, 1.807) is 23.4 Å². The Kier molecular flexibility index (Phi) is 7.61. The van der Waals surface area contributed by atoms with Gasteiger partial charge in [0.2, 0.25) is 17.8 Å². The molecule has 0 atom stereocenters. The first-order chi connectivity index (χ1) is 17.5. The zero-order chi connectivity index (χ0) is 24.9. The highest BCUT2D eigenvalue weighted by Gasteiger charge is 2.36. The number of nitrogens with two attached hydrogens (primary N) is 1. The third kappa shape index (κ3) is 5.93. The summed E-state index contributed by atoms with van der Waals surface area (Å²) in [6.45, 7) is 6.55. The number of amides is 2. The van der Waals surface area contributed by atoms with E-state index in [4.69, 9.17) is 20.2 Å². The van der Waals surface area contributed by atoms with E-state index >= 15 is 0 Å². The maximum Gasteiger partial charge on any atom is 0.317 e. The van der Waals surface area contributed by atoms with Crippen molar-refractivity contribution in [3.63, 3.8) is 0 Å². The molecule has 36 heavy (non-hydrogen) atoms. The average molecular weight is 498 g/mol. The topological polar surface area (TPSA) is 135 Å². The molecule has 3 aliphatic rings. The molecule has 2 saturated heterocycles. The van der Waals surface area contributed by atoms with Crippen molar-refractivity contribution in [1.82, 2.24) is 35.1 Å². The summed E-state index contributed by atoms with van der Waals surface area (Å²) in [5.74, 6) is 1.30. The van der Waals surface area contributed by atoms with Gasteiger partial charge in [-0.25, -0.2) is 19.7 Å². The first-order valence-electron chi connectivity index (χ1n) is 12.7.